The summed E-state index contributed by atoms with van der Waals surface area (Å²) in [6, 6.07) is 0. The first-order valence-corrected chi connectivity index (χ1v) is 6.76. The van der Waals surface area contributed by atoms with Crippen molar-refractivity contribution in [3.8, 4) is 0 Å². The molecule has 2 rings (SSSR count). The van der Waals surface area contributed by atoms with Crippen molar-refractivity contribution in [1.29, 1.82) is 0 Å². The van der Waals surface area contributed by atoms with Crippen molar-refractivity contribution in [3.05, 3.63) is 11.6 Å². The molecule has 2 aliphatic rings. The number of methoxy groups -OCH3 is 1. The van der Waals surface area contributed by atoms with E-state index in [9.17, 15) is 0 Å². The lowest BCUT2D eigenvalue weighted by Gasteiger charge is -2.41. The standard InChI is InChI=1S/C12H19IO/c1-12(11(13)14-2)7-9-4-3-5-10(6-9)8-12/h7,10-11H,3-6,8H2,1-2H3. The van der Waals surface area contributed by atoms with Crippen LogP contribution in [0.25, 0.3) is 0 Å². The van der Waals surface area contributed by atoms with Crippen molar-refractivity contribution in [3.63, 3.8) is 0 Å². The van der Waals surface area contributed by atoms with E-state index in [1.807, 2.05) is 7.11 Å². The van der Waals surface area contributed by atoms with Gasteiger partial charge in [0.05, 0.1) is 0 Å². The highest BCUT2D eigenvalue weighted by Crippen LogP contribution is 2.47. The summed E-state index contributed by atoms with van der Waals surface area (Å²) in [5.74, 6) is 0.932. The predicted molar refractivity (Wildman–Crippen MR) is 67.6 cm³/mol. The maximum atomic E-state index is 5.50. The van der Waals surface area contributed by atoms with Gasteiger partial charge >= 0.3 is 0 Å². The Hall–Kier alpha value is 0.430. The number of halogens is 1. The monoisotopic (exact) mass is 306 g/mol. The van der Waals surface area contributed by atoms with Gasteiger partial charge < -0.3 is 4.74 Å². The maximum absolute atomic E-state index is 5.50. The molecule has 0 aromatic carbocycles. The van der Waals surface area contributed by atoms with Gasteiger partial charge in [0.2, 0.25) is 0 Å². The molecule has 3 atom stereocenters. The third kappa shape index (κ3) is 2.01. The SMILES string of the molecule is COC(I)C1(C)C=C2CCCC(C2)C1. The Kier molecular flexibility index (Phi) is 3.22. The molecule has 0 amide bonds. The van der Waals surface area contributed by atoms with E-state index in [0.29, 0.717) is 4.11 Å². The first-order chi connectivity index (χ1) is 6.64. The molecule has 0 heterocycles. The second kappa shape index (κ2) is 4.12. The van der Waals surface area contributed by atoms with Crippen LogP contribution in [0.3, 0.4) is 0 Å². The van der Waals surface area contributed by atoms with Crippen LogP contribution in [0.2, 0.25) is 0 Å². The van der Waals surface area contributed by atoms with Gasteiger partial charge in [0, 0.05) is 12.5 Å². The normalized spacial score (nSPS) is 39.1. The molecule has 2 heteroatoms. The summed E-state index contributed by atoms with van der Waals surface area (Å²) in [5, 5.41) is 0. The van der Waals surface area contributed by atoms with Crippen molar-refractivity contribution in [2.45, 2.75) is 43.1 Å². The highest BCUT2D eigenvalue weighted by atomic mass is 127. The number of hydrogen-bond acceptors (Lipinski definition) is 1. The highest BCUT2D eigenvalue weighted by molar-refractivity contribution is 14.1. The van der Waals surface area contributed by atoms with E-state index in [4.69, 9.17) is 4.74 Å². The number of alkyl halides is 1. The molecule has 0 radical (unpaired) electrons. The quantitative estimate of drug-likeness (QED) is 0.427. The summed E-state index contributed by atoms with van der Waals surface area (Å²) in [4.78, 5) is 0. The lowest BCUT2D eigenvalue weighted by molar-refractivity contribution is 0.0772. The van der Waals surface area contributed by atoms with E-state index in [1.54, 1.807) is 5.57 Å². The predicted octanol–water partition coefficient (Wildman–Crippen LogP) is 3.92. The molecule has 3 unspecified atom stereocenters. The molecular formula is C12H19IO. The van der Waals surface area contributed by atoms with Crippen LogP contribution in [-0.4, -0.2) is 11.2 Å². The molecule has 1 fully saturated rings. The van der Waals surface area contributed by atoms with Crippen LogP contribution in [0.4, 0.5) is 0 Å². The summed E-state index contributed by atoms with van der Waals surface area (Å²) < 4.78 is 5.83. The van der Waals surface area contributed by atoms with Crippen LogP contribution in [0, 0.1) is 11.3 Å². The number of ether oxygens (including phenoxy) is 1. The Bertz CT molecular complexity index is 249. The third-order valence-electron chi connectivity index (χ3n) is 3.65. The smallest absolute Gasteiger partial charge is 0.117 e. The zero-order chi connectivity index (χ0) is 10.2. The first kappa shape index (κ1) is 10.9. The minimum atomic E-state index is 0.286. The fraction of sp³-hybridized carbons (Fsp3) is 0.833. The number of fused-ring (bicyclic) bond motifs is 2. The van der Waals surface area contributed by atoms with Crippen LogP contribution in [-0.2, 0) is 4.74 Å². The van der Waals surface area contributed by atoms with E-state index in [1.165, 1.54) is 32.1 Å². The van der Waals surface area contributed by atoms with Gasteiger partial charge in [-0.05, 0) is 38.0 Å². The van der Waals surface area contributed by atoms with Crippen LogP contribution < -0.4 is 0 Å². The topological polar surface area (TPSA) is 9.23 Å². The Morgan fingerprint density at radius 3 is 3.07 bits per heavy atom. The lowest BCUT2D eigenvalue weighted by atomic mass is 9.68. The molecule has 0 saturated heterocycles. The van der Waals surface area contributed by atoms with Gasteiger partial charge in [-0.25, -0.2) is 0 Å². The second-order valence-electron chi connectivity index (χ2n) is 5.03. The average molecular weight is 306 g/mol. The van der Waals surface area contributed by atoms with Crippen molar-refractivity contribution in [1.82, 2.24) is 0 Å². The van der Waals surface area contributed by atoms with Crippen LogP contribution >= 0.6 is 22.6 Å². The lowest BCUT2D eigenvalue weighted by Crippen LogP contribution is -2.34. The molecule has 1 nitrogen and oxygen atoms in total. The van der Waals surface area contributed by atoms with Crippen molar-refractivity contribution in [2.75, 3.05) is 7.11 Å². The molecule has 0 aromatic rings. The zero-order valence-corrected chi connectivity index (χ0v) is 11.2. The molecule has 0 aromatic heterocycles. The van der Waals surface area contributed by atoms with Gasteiger partial charge in [-0.1, -0.05) is 41.2 Å². The average Bonchev–Trinajstić information content (AvgIpc) is 2.15. The highest BCUT2D eigenvalue weighted by Gasteiger charge is 2.38. The van der Waals surface area contributed by atoms with Crippen molar-refractivity contribution in [2.24, 2.45) is 11.3 Å². The van der Waals surface area contributed by atoms with E-state index in [2.05, 4.69) is 35.6 Å². The number of rotatable bonds is 2. The van der Waals surface area contributed by atoms with Crippen molar-refractivity contribution >= 4 is 22.6 Å². The number of allylic oxidation sites excluding steroid dienone is 1. The molecule has 14 heavy (non-hydrogen) atoms. The maximum Gasteiger partial charge on any atom is 0.117 e. The zero-order valence-electron chi connectivity index (χ0n) is 9.05. The van der Waals surface area contributed by atoms with Gasteiger partial charge in [0.1, 0.15) is 4.11 Å². The second-order valence-corrected chi connectivity index (χ2v) is 6.16. The number of hydrogen-bond donors (Lipinski definition) is 0. The molecule has 2 bridgehead atoms. The molecule has 2 aliphatic carbocycles. The summed E-state index contributed by atoms with van der Waals surface area (Å²) >= 11 is 2.44. The minimum Gasteiger partial charge on any atom is -0.370 e. The Labute approximate surface area is 100 Å². The Balaban J connectivity index is 2.20. The third-order valence-corrected chi connectivity index (χ3v) is 5.58. The van der Waals surface area contributed by atoms with E-state index < -0.39 is 0 Å². The summed E-state index contributed by atoms with van der Waals surface area (Å²) in [6.45, 7) is 2.35. The molecule has 0 spiro atoms. The fourth-order valence-electron chi connectivity index (χ4n) is 3.07. The van der Waals surface area contributed by atoms with Gasteiger partial charge in [-0.3, -0.25) is 0 Å². The van der Waals surface area contributed by atoms with E-state index >= 15 is 0 Å². The van der Waals surface area contributed by atoms with E-state index in [0.717, 1.165) is 5.92 Å². The van der Waals surface area contributed by atoms with Crippen LogP contribution in [0.1, 0.15) is 39.0 Å². The molecule has 0 N–H and O–H groups in total. The van der Waals surface area contributed by atoms with E-state index in [-0.39, 0.29) is 5.41 Å². The minimum absolute atomic E-state index is 0.286. The van der Waals surface area contributed by atoms with Gasteiger partial charge in [-0.2, -0.15) is 0 Å². The fourth-order valence-corrected chi connectivity index (χ4v) is 3.51. The summed E-state index contributed by atoms with van der Waals surface area (Å²) in [5.41, 5.74) is 1.97. The van der Waals surface area contributed by atoms with Gasteiger partial charge in [0.25, 0.3) is 0 Å². The molecule has 1 saturated carbocycles. The van der Waals surface area contributed by atoms with Crippen LogP contribution in [0.15, 0.2) is 11.6 Å². The molecular weight excluding hydrogens is 287 g/mol. The molecule has 0 aliphatic heterocycles. The van der Waals surface area contributed by atoms with Crippen molar-refractivity contribution < 1.29 is 4.74 Å². The summed E-state index contributed by atoms with van der Waals surface area (Å²) in [6.07, 6.45) is 9.36. The Morgan fingerprint density at radius 1 is 1.64 bits per heavy atom. The van der Waals surface area contributed by atoms with Gasteiger partial charge in [-0.15, -0.1) is 0 Å². The summed E-state index contributed by atoms with van der Waals surface area (Å²) in [7, 11) is 1.82. The van der Waals surface area contributed by atoms with Gasteiger partial charge in [0.15, 0.2) is 0 Å². The molecule has 80 valence electrons. The largest absolute Gasteiger partial charge is 0.370 e. The Morgan fingerprint density at radius 2 is 2.43 bits per heavy atom. The van der Waals surface area contributed by atoms with Crippen LogP contribution in [0.5, 0.6) is 0 Å². The first-order valence-electron chi connectivity index (χ1n) is 5.51.